The van der Waals surface area contributed by atoms with E-state index in [0.717, 1.165) is 13.1 Å². The summed E-state index contributed by atoms with van der Waals surface area (Å²) in [5.41, 5.74) is 0. The van der Waals surface area contributed by atoms with Crippen LogP contribution in [0.4, 0.5) is 10.2 Å². The number of aromatic nitrogens is 1. The van der Waals surface area contributed by atoms with Gasteiger partial charge in [0.25, 0.3) is 0 Å². The Kier molecular flexibility index (Phi) is 4.09. The van der Waals surface area contributed by atoms with Crippen LogP contribution in [0.5, 0.6) is 0 Å². The summed E-state index contributed by atoms with van der Waals surface area (Å²) in [5.74, 6) is -0.101. The van der Waals surface area contributed by atoms with Crippen LogP contribution in [0.25, 0.3) is 0 Å². The molecule has 2 heterocycles. The lowest BCUT2D eigenvalue weighted by molar-refractivity contribution is 0.0371. The van der Waals surface area contributed by atoms with Crippen LogP contribution in [-0.2, 0) is 4.74 Å². The standard InChI is InChI=1S/C10H13BrFN3O/c11-7-3-9(12)10(14-4-7)15-6-8-5-13-1-2-16-8/h3-4,8,13H,1-2,5-6H2,(H,14,15). The molecular formula is C10H13BrFN3O. The van der Waals surface area contributed by atoms with Crippen molar-refractivity contribution in [2.45, 2.75) is 6.10 Å². The van der Waals surface area contributed by atoms with Crippen LogP contribution >= 0.6 is 15.9 Å². The molecule has 1 aromatic heterocycles. The lowest BCUT2D eigenvalue weighted by Crippen LogP contribution is -2.42. The zero-order valence-electron chi connectivity index (χ0n) is 8.67. The first-order valence-electron chi connectivity index (χ1n) is 5.13. The predicted molar refractivity (Wildman–Crippen MR) is 63.0 cm³/mol. The molecular weight excluding hydrogens is 277 g/mol. The van der Waals surface area contributed by atoms with Crippen LogP contribution in [0.2, 0.25) is 0 Å². The summed E-state index contributed by atoms with van der Waals surface area (Å²) in [6.07, 6.45) is 1.63. The summed E-state index contributed by atoms with van der Waals surface area (Å²) in [6, 6.07) is 1.38. The third-order valence-electron chi connectivity index (χ3n) is 2.31. The molecule has 1 atom stereocenters. The SMILES string of the molecule is Fc1cc(Br)cnc1NCC1CNCCO1. The van der Waals surface area contributed by atoms with Crippen LogP contribution in [0, 0.1) is 5.82 Å². The van der Waals surface area contributed by atoms with Gasteiger partial charge in [0, 0.05) is 30.3 Å². The van der Waals surface area contributed by atoms with E-state index in [4.69, 9.17) is 4.74 Å². The lowest BCUT2D eigenvalue weighted by Gasteiger charge is -2.23. The van der Waals surface area contributed by atoms with Gasteiger partial charge in [-0.15, -0.1) is 0 Å². The largest absolute Gasteiger partial charge is 0.374 e. The second-order valence-electron chi connectivity index (χ2n) is 3.56. The Morgan fingerprint density at radius 2 is 2.56 bits per heavy atom. The number of pyridine rings is 1. The third kappa shape index (κ3) is 3.13. The fourth-order valence-electron chi connectivity index (χ4n) is 1.51. The molecule has 0 saturated carbocycles. The van der Waals surface area contributed by atoms with Crippen molar-refractivity contribution in [3.63, 3.8) is 0 Å². The lowest BCUT2D eigenvalue weighted by atomic mass is 10.3. The Morgan fingerprint density at radius 1 is 1.69 bits per heavy atom. The second-order valence-corrected chi connectivity index (χ2v) is 4.48. The monoisotopic (exact) mass is 289 g/mol. The van der Waals surface area contributed by atoms with Gasteiger partial charge in [-0.3, -0.25) is 0 Å². The van der Waals surface area contributed by atoms with Gasteiger partial charge in [-0.1, -0.05) is 0 Å². The van der Waals surface area contributed by atoms with Crippen molar-refractivity contribution in [2.24, 2.45) is 0 Å². The molecule has 88 valence electrons. The molecule has 6 heteroatoms. The fourth-order valence-corrected chi connectivity index (χ4v) is 1.81. The molecule has 0 bridgehead atoms. The molecule has 1 aliphatic heterocycles. The van der Waals surface area contributed by atoms with Gasteiger partial charge < -0.3 is 15.4 Å². The molecule has 1 aromatic rings. The van der Waals surface area contributed by atoms with Crippen molar-refractivity contribution < 1.29 is 9.13 Å². The Bertz CT molecular complexity index is 358. The number of morpholine rings is 1. The average molecular weight is 290 g/mol. The van der Waals surface area contributed by atoms with E-state index in [1.807, 2.05) is 0 Å². The van der Waals surface area contributed by atoms with Crippen LogP contribution in [0.1, 0.15) is 0 Å². The number of hydrogen-bond acceptors (Lipinski definition) is 4. The second kappa shape index (κ2) is 5.56. The number of hydrogen-bond donors (Lipinski definition) is 2. The molecule has 2 rings (SSSR count). The smallest absolute Gasteiger partial charge is 0.166 e. The van der Waals surface area contributed by atoms with E-state index in [9.17, 15) is 4.39 Å². The van der Waals surface area contributed by atoms with E-state index in [0.29, 0.717) is 17.6 Å². The van der Waals surface area contributed by atoms with Crippen molar-refractivity contribution >= 4 is 21.7 Å². The van der Waals surface area contributed by atoms with Gasteiger partial charge in [0.15, 0.2) is 11.6 Å². The van der Waals surface area contributed by atoms with Gasteiger partial charge in [-0.25, -0.2) is 9.37 Å². The Balaban J connectivity index is 1.88. The molecule has 0 aromatic carbocycles. The first-order valence-corrected chi connectivity index (χ1v) is 5.92. The summed E-state index contributed by atoms with van der Waals surface area (Å²) in [5, 5.41) is 6.15. The highest BCUT2D eigenvalue weighted by Gasteiger charge is 2.14. The first kappa shape index (κ1) is 11.8. The molecule has 0 amide bonds. The van der Waals surface area contributed by atoms with Crippen molar-refractivity contribution in [2.75, 3.05) is 31.6 Å². The molecule has 1 saturated heterocycles. The topological polar surface area (TPSA) is 46.2 Å². The molecule has 1 fully saturated rings. The van der Waals surface area contributed by atoms with Crippen LogP contribution in [0.3, 0.4) is 0 Å². The van der Waals surface area contributed by atoms with Crippen LogP contribution in [-0.4, -0.2) is 37.3 Å². The molecule has 1 unspecified atom stereocenters. The van der Waals surface area contributed by atoms with E-state index in [-0.39, 0.29) is 17.7 Å². The van der Waals surface area contributed by atoms with Crippen molar-refractivity contribution in [1.29, 1.82) is 0 Å². The molecule has 4 nitrogen and oxygen atoms in total. The van der Waals surface area contributed by atoms with Crippen molar-refractivity contribution in [1.82, 2.24) is 10.3 Å². The number of nitrogens with zero attached hydrogens (tertiary/aromatic N) is 1. The Labute approximate surface area is 102 Å². The highest BCUT2D eigenvalue weighted by Crippen LogP contribution is 2.16. The summed E-state index contributed by atoms with van der Waals surface area (Å²) < 4.78 is 19.5. The fraction of sp³-hybridized carbons (Fsp3) is 0.500. The number of halogens is 2. The molecule has 2 N–H and O–H groups in total. The van der Waals surface area contributed by atoms with Gasteiger partial charge in [-0.2, -0.15) is 0 Å². The quantitative estimate of drug-likeness (QED) is 0.883. The summed E-state index contributed by atoms with van der Waals surface area (Å²) >= 11 is 3.16. The highest BCUT2D eigenvalue weighted by atomic mass is 79.9. The van der Waals surface area contributed by atoms with E-state index in [2.05, 4.69) is 31.5 Å². The minimum Gasteiger partial charge on any atom is -0.374 e. The predicted octanol–water partition coefficient (Wildman–Crippen LogP) is 1.38. The molecule has 0 spiro atoms. The molecule has 16 heavy (non-hydrogen) atoms. The summed E-state index contributed by atoms with van der Waals surface area (Å²) in [7, 11) is 0. The van der Waals surface area contributed by atoms with E-state index >= 15 is 0 Å². The minimum absolute atomic E-state index is 0.0681. The van der Waals surface area contributed by atoms with Crippen LogP contribution in [0.15, 0.2) is 16.7 Å². The maximum atomic E-state index is 13.4. The van der Waals surface area contributed by atoms with E-state index < -0.39 is 0 Å². The zero-order valence-corrected chi connectivity index (χ0v) is 10.3. The van der Waals surface area contributed by atoms with Crippen molar-refractivity contribution in [3.8, 4) is 0 Å². The molecule has 0 aliphatic carbocycles. The van der Waals surface area contributed by atoms with Crippen molar-refractivity contribution in [3.05, 3.63) is 22.6 Å². The number of ether oxygens (including phenoxy) is 1. The van der Waals surface area contributed by atoms with Gasteiger partial charge in [0.1, 0.15) is 0 Å². The van der Waals surface area contributed by atoms with Gasteiger partial charge in [0.05, 0.1) is 12.7 Å². The third-order valence-corrected chi connectivity index (χ3v) is 2.74. The minimum atomic E-state index is -0.363. The maximum absolute atomic E-state index is 13.4. The zero-order chi connectivity index (χ0) is 11.4. The summed E-state index contributed by atoms with van der Waals surface area (Å²) in [4.78, 5) is 3.95. The Hall–Kier alpha value is -0.720. The van der Waals surface area contributed by atoms with Gasteiger partial charge in [-0.05, 0) is 22.0 Å². The van der Waals surface area contributed by atoms with Crippen LogP contribution < -0.4 is 10.6 Å². The van der Waals surface area contributed by atoms with E-state index in [1.165, 1.54) is 6.07 Å². The van der Waals surface area contributed by atoms with E-state index in [1.54, 1.807) is 6.20 Å². The van der Waals surface area contributed by atoms with Gasteiger partial charge in [0.2, 0.25) is 0 Å². The first-order chi connectivity index (χ1) is 7.75. The molecule has 1 aliphatic rings. The Morgan fingerprint density at radius 3 is 3.25 bits per heavy atom. The number of anilines is 1. The maximum Gasteiger partial charge on any atom is 0.166 e. The number of nitrogens with one attached hydrogen (secondary N) is 2. The highest BCUT2D eigenvalue weighted by molar-refractivity contribution is 9.10. The average Bonchev–Trinajstić information content (AvgIpc) is 2.29. The van der Waals surface area contributed by atoms with Gasteiger partial charge >= 0.3 is 0 Å². The normalized spacial score (nSPS) is 20.8. The number of rotatable bonds is 3. The molecule has 0 radical (unpaired) electrons. The summed E-state index contributed by atoms with van der Waals surface area (Å²) in [6.45, 7) is 2.91.